The third kappa shape index (κ3) is 2.47. The number of aliphatic hydroxyl groups excluding tert-OH is 1. The monoisotopic (exact) mass is 351 g/mol. The van der Waals surface area contributed by atoms with Crippen molar-refractivity contribution in [2.45, 2.75) is 6.61 Å². The molecular weight excluding hydrogens is 334 g/mol. The second kappa shape index (κ2) is 6.16. The van der Waals surface area contributed by atoms with Crippen LogP contribution in [-0.2, 0) is 13.7 Å². The minimum absolute atomic E-state index is 0.181. The fraction of sp³-hybridized carbons (Fsp3) is 0.167. The van der Waals surface area contributed by atoms with E-state index in [0.29, 0.717) is 17.2 Å². The number of fused-ring (bicyclic) bond motifs is 2. The van der Waals surface area contributed by atoms with Gasteiger partial charge in [-0.15, -0.1) is 0 Å². The molecule has 4 rings (SSSR count). The SMILES string of the molecule is COc1cccn2c(=O)c(CO)c(Nc3ccc4ncn(C)c4c3)nc12. The summed E-state index contributed by atoms with van der Waals surface area (Å²) in [5, 5.41) is 12.8. The number of nitrogens with one attached hydrogen (secondary N) is 1. The average Bonchev–Trinajstić information content (AvgIpc) is 3.02. The lowest BCUT2D eigenvalue weighted by molar-refractivity contribution is 0.280. The molecule has 8 nitrogen and oxygen atoms in total. The minimum Gasteiger partial charge on any atom is -0.493 e. The summed E-state index contributed by atoms with van der Waals surface area (Å²) in [6.07, 6.45) is 3.33. The van der Waals surface area contributed by atoms with Crippen LogP contribution in [0, 0.1) is 0 Å². The lowest BCUT2D eigenvalue weighted by atomic mass is 10.2. The first-order valence-corrected chi connectivity index (χ1v) is 7.99. The van der Waals surface area contributed by atoms with Crippen LogP contribution in [0.3, 0.4) is 0 Å². The highest BCUT2D eigenvalue weighted by atomic mass is 16.5. The maximum atomic E-state index is 12.7. The summed E-state index contributed by atoms with van der Waals surface area (Å²) in [6.45, 7) is -0.428. The summed E-state index contributed by atoms with van der Waals surface area (Å²) >= 11 is 0. The highest BCUT2D eigenvalue weighted by Crippen LogP contribution is 2.24. The van der Waals surface area contributed by atoms with E-state index in [2.05, 4.69) is 15.3 Å². The molecule has 0 radical (unpaired) electrons. The Morgan fingerprint density at radius 1 is 1.31 bits per heavy atom. The molecule has 0 atom stereocenters. The Morgan fingerprint density at radius 3 is 2.92 bits per heavy atom. The van der Waals surface area contributed by atoms with Gasteiger partial charge in [0.05, 0.1) is 36.6 Å². The van der Waals surface area contributed by atoms with Gasteiger partial charge in [0.1, 0.15) is 5.82 Å². The lowest BCUT2D eigenvalue weighted by Gasteiger charge is -2.13. The fourth-order valence-corrected chi connectivity index (χ4v) is 2.92. The number of methoxy groups -OCH3 is 1. The van der Waals surface area contributed by atoms with E-state index in [1.807, 2.05) is 29.8 Å². The zero-order valence-corrected chi connectivity index (χ0v) is 14.3. The molecule has 132 valence electrons. The van der Waals surface area contributed by atoms with Crippen LogP contribution in [0.4, 0.5) is 11.5 Å². The van der Waals surface area contributed by atoms with Crippen LogP contribution in [0.2, 0.25) is 0 Å². The molecule has 0 aliphatic heterocycles. The van der Waals surface area contributed by atoms with Gasteiger partial charge in [-0.25, -0.2) is 9.97 Å². The summed E-state index contributed by atoms with van der Waals surface area (Å²) < 4.78 is 8.56. The molecule has 4 aromatic rings. The van der Waals surface area contributed by atoms with Crippen LogP contribution in [0.1, 0.15) is 5.56 Å². The van der Waals surface area contributed by atoms with E-state index in [-0.39, 0.29) is 11.1 Å². The third-order valence-electron chi connectivity index (χ3n) is 4.28. The molecule has 0 fully saturated rings. The average molecular weight is 351 g/mol. The summed E-state index contributed by atoms with van der Waals surface area (Å²) in [5.41, 5.74) is 2.76. The van der Waals surface area contributed by atoms with Gasteiger partial charge in [0.15, 0.2) is 11.4 Å². The van der Waals surface area contributed by atoms with Gasteiger partial charge in [-0.05, 0) is 30.3 Å². The van der Waals surface area contributed by atoms with Gasteiger partial charge < -0.3 is 19.7 Å². The van der Waals surface area contributed by atoms with E-state index in [0.717, 1.165) is 16.7 Å². The number of aryl methyl sites for hydroxylation is 1. The van der Waals surface area contributed by atoms with E-state index >= 15 is 0 Å². The molecular formula is C18H17N5O3. The number of imidazole rings is 1. The van der Waals surface area contributed by atoms with Crippen molar-refractivity contribution >= 4 is 28.2 Å². The Morgan fingerprint density at radius 2 is 2.15 bits per heavy atom. The molecule has 0 spiro atoms. The van der Waals surface area contributed by atoms with E-state index < -0.39 is 6.61 Å². The van der Waals surface area contributed by atoms with Crippen LogP contribution < -0.4 is 15.6 Å². The molecule has 3 aromatic heterocycles. The van der Waals surface area contributed by atoms with Crippen molar-refractivity contribution in [2.24, 2.45) is 7.05 Å². The molecule has 3 heterocycles. The highest BCUT2D eigenvalue weighted by Gasteiger charge is 2.15. The van der Waals surface area contributed by atoms with E-state index in [4.69, 9.17) is 4.74 Å². The smallest absolute Gasteiger partial charge is 0.265 e. The highest BCUT2D eigenvalue weighted by molar-refractivity contribution is 5.81. The molecule has 8 heteroatoms. The number of rotatable bonds is 4. The largest absolute Gasteiger partial charge is 0.493 e. The Labute approximate surface area is 148 Å². The van der Waals surface area contributed by atoms with Gasteiger partial charge in [0, 0.05) is 18.9 Å². The first-order valence-electron chi connectivity index (χ1n) is 7.99. The molecule has 1 aromatic carbocycles. The number of anilines is 2. The Bertz CT molecular complexity index is 1180. The summed E-state index contributed by atoms with van der Waals surface area (Å²) in [5.74, 6) is 0.766. The van der Waals surface area contributed by atoms with Gasteiger partial charge >= 0.3 is 0 Å². The number of ether oxygens (including phenoxy) is 1. The Balaban J connectivity index is 1.88. The van der Waals surface area contributed by atoms with Crippen LogP contribution >= 0.6 is 0 Å². The molecule has 0 bridgehead atoms. The number of nitrogens with zero attached hydrogens (tertiary/aromatic N) is 4. The molecule has 0 amide bonds. The molecule has 0 unspecified atom stereocenters. The summed E-state index contributed by atoms with van der Waals surface area (Å²) in [7, 11) is 3.43. The Hall–Kier alpha value is -3.39. The molecule has 2 N–H and O–H groups in total. The predicted molar refractivity (Wildman–Crippen MR) is 97.9 cm³/mol. The normalized spacial score (nSPS) is 11.2. The lowest BCUT2D eigenvalue weighted by Crippen LogP contribution is -2.22. The van der Waals surface area contributed by atoms with Crippen LogP contribution in [0.5, 0.6) is 5.75 Å². The third-order valence-corrected chi connectivity index (χ3v) is 4.28. The zero-order valence-electron chi connectivity index (χ0n) is 14.3. The maximum absolute atomic E-state index is 12.7. The summed E-state index contributed by atoms with van der Waals surface area (Å²) in [4.78, 5) is 21.5. The first kappa shape index (κ1) is 16.1. The van der Waals surface area contributed by atoms with Gasteiger partial charge in [0.25, 0.3) is 5.56 Å². The first-order chi connectivity index (χ1) is 12.6. The predicted octanol–water partition coefficient (Wildman–Crippen LogP) is 1.83. The standard InChI is InChI=1S/C18H17N5O3/c1-22-10-19-13-6-5-11(8-14(13)22)20-16-12(9-24)18(25)23-7-3-4-15(26-2)17(23)21-16/h3-8,10,20,24H,9H2,1-2H3. The van der Waals surface area contributed by atoms with Crippen LogP contribution in [0.25, 0.3) is 16.7 Å². The molecule has 26 heavy (non-hydrogen) atoms. The van der Waals surface area contributed by atoms with Crippen molar-refractivity contribution < 1.29 is 9.84 Å². The number of pyridine rings is 1. The minimum atomic E-state index is -0.428. The second-order valence-electron chi connectivity index (χ2n) is 5.86. The van der Waals surface area contributed by atoms with E-state index in [9.17, 15) is 9.90 Å². The molecule has 0 aliphatic rings. The molecule has 0 saturated carbocycles. The van der Waals surface area contributed by atoms with Crippen molar-refractivity contribution in [3.8, 4) is 5.75 Å². The Kier molecular flexibility index (Phi) is 3.81. The molecule has 0 aliphatic carbocycles. The number of aliphatic hydroxyl groups is 1. The number of aromatic nitrogens is 4. The van der Waals surface area contributed by atoms with Gasteiger partial charge in [-0.3, -0.25) is 9.20 Å². The van der Waals surface area contributed by atoms with Crippen molar-refractivity contribution in [1.82, 2.24) is 18.9 Å². The van der Waals surface area contributed by atoms with Gasteiger partial charge in [-0.1, -0.05) is 0 Å². The number of hydrogen-bond donors (Lipinski definition) is 2. The van der Waals surface area contributed by atoms with Gasteiger partial charge in [0.2, 0.25) is 0 Å². The zero-order chi connectivity index (χ0) is 18.3. The van der Waals surface area contributed by atoms with Gasteiger partial charge in [-0.2, -0.15) is 0 Å². The quantitative estimate of drug-likeness (QED) is 0.583. The number of hydrogen-bond acceptors (Lipinski definition) is 6. The second-order valence-corrected chi connectivity index (χ2v) is 5.86. The maximum Gasteiger partial charge on any atom is 0.265 e. The van der Waals surface area contributed by atoms with Crippen molar-refractivity contribution in [3.63, 3.8) is 0 Å². The van der Waals surface area contributed by atoms with E-state index in [1.165, 1.54) is 11.5 Å². The topological polar surface area (TPSA) is 93.7 Å². The summed E-state index contributed by atoms with van der Waals surface area (Å²) in [6, 6.07) is 9.06. The number of benzene rings is 1. The molecule has 0 saturated heterocycles. The van der Waals surface area contributed by atoms with Crippen LogP contribution in [0.15, 0.2) is 47.7 Å². The van der Waals surface area contributed by atoms with Crippen molar-refractivity contribution in [2.75, 3.05) is 12.4 Å². The van der Waals surface area contributed by atoms with Crippen molar-refractivity contribution in [3.05, 3.63) is 58.8 Å². The van der Waals surface area contributed by atoms with E-state index in [1.54, 1.807) is 24.7 Å². The van der Waals surface area contributed by atoms with Crippen molar-refractivity contribution in [1.29, 1.82) is 0 Å². The van der Waals surface area contributed by atoms with Crippen LogP contribution in [-0.4, -0.2) is 31.2 Å². The fourth-order valence-electron chi connectivity index (χ4n) is 2.92.